The van der Waals surface area contributed by atoms with Crippen LogP contribution in [0.25, 0.3) is 10.6 Å². The standard InChI is InChI=1S/C9H10N4S/c10-4-3-9-11-6-7(12-13-9)8-2-1-5-14-8/h1-2,5-6H,3-4,10H2. The maximum Gasteiger partial charge on any atom is 0.152 e. The lowest BCUT2D eigenvalue weighted by atomic mass is 10.3. The molecule has 2 aromatic rings. The van der Waals surface area contributed by atoms with Crippen molar-refractivity contribution in [1.82, 2.24) is 15.2 Å². The van der Waals surface area contributed by atoms with Gasteiger partial charge in [-0.05, 0) is 18.0 Å². The van der Waals surface area contributed by atoms with Crippen molar-refractivity contribution in [1.29, 1.82) is 0 Å². The van der Waals surface area contributed by atoms with Gasteiger partial charge in [0, 0.05) is 6.42 Å². The van der Waals surface area contributed by atoms with Crippen LogP contribution >= 0.6 is 11.3 Å². The Bertz CT molecular complexity index is 382. The van der Waals surface area contributed by atoms with E-state index in [2.05, 4.69) is 15.2 Å². The van der Waals surface area contributed by atoms with Crippen LogP contribution < -0.4 is 5.73 Å². The van der Waals surface area contributed by atoms with Crippen LogP contribution in [0.1, 0.15) is 5.82 Å². The fourth-order valence-corrected chi connectivity index (χ4v) is 1.75. The number of nitrogens with two attached hydrogens (primary N) is 1. The van der Waals surface area contributed by atoms with E-state index in [9.17, 15) is 0 Å². The van der Waals surface area contributed by atoms with Crippen molar-refractivity contribution in [3.8, 4) is 10.6 Å². The Balaban J connectivity index is 2.22. The van der Waals surface area contributed by atoms with Crippen LogP contribution in [-0.2, 0) is 6.42 Å². The molecule has 2 aromatic heterocycles. The van der Waals surface area contributed by atoms with Gasteiger partial charge in [0.25, 0.3) is 0 Å². The monoisotopic (exact) mass is 206 g/mol. The van der Waals surface area contributed by atoms with Crippen molar-refractivity contribution in [3.05, 3.63) is 29.5 Å². The van der Waals surface area contributed by atoms with E-state index >= 15 is 0 Å². The van der Waals surface area contributed by atoms with E-state index in [1.54, 1.807) is 17.5 Å². The molecule has 0 unspecified atom stereocenters. The minimum Gasteiger partial charge on any atom is -0.330 e. The summed E-state index contributed by atoms with van der Waals surface area (Å²) in [6, 6.07) is 3.98. The van der Waals surface area contributed by atoms with Gasteiger partial charge < -0.3 is 5.73 Å². The van der Waals surface area contributed by atoms with Crippen LogP contribution in [0, 0.1) is 0 Å². The summed E-state index contributed by atoms with van der Waals surface area (Å²) in [4.78, 5) is 5.26. The summed E-state index contributed by atoms with van der Waals surface area (Å²) < 4.78 is 0. The molecule has 0 atom stereocenters. The molecule has 0 bridgehead atoms. The van der Waals surface area contributed by atoms with Crippen LogP contribution in [0.5, 0.6) is 0 Å². The maximum absolute atomic E-state index is 5.39. The average Bonchev–Trinajstić information content (AvgIpc) is 2.72. The third-order valence-corrected chi connectivity index (χ3v) is 2.64. The molecule has 0 spiro atoms. The zero-order valence-corrected chi connectivity index (χ0v) is 8.37. The molecular formula is C9H10N4S. The molecule has 0 aliphatic heterocycles. The quantitative estimate of drug-likeness (QED) is 0.816. The topological polar surface area (TPSA) is 64.7 Å². The Kier molecular flexibility index (Phi) is 2.81. The van der Waals surface area contributed by atoms with Crippen molar-refractivity contribution >= 4 is 11.3 Å². The molecule has 72 valence electrons. The second-order valence-electron chi connectivity index (χ2n) is 2.78. The van der Waals surface area contributed by atoms with Gasteiger partial charge in [-0.1, -0.05) is 6.07 Å². The van der Waals surface area contributed by atoms with E-state index in [0.717, 1.165) is 10.6 Å². The van der Waals surface area contributed by atoms with E-state index < -0.39 is 0 Å². The molecule has 4 nitrogen and oxygen atoms in total. The van der Waals surface area contributed by atoms with Crippen LogP contribution in [0.4, 0.5) is 0 Å². The Morgan fingerprint density at radius 2 is 2.29 bits per heavy atom. The second kappa shape index (κ2) is 4.26. The normalized spacial score (nSPS) is 10.4. The number of thiophene rings is 1. The molecule has 0 amide bonds. The first-order valence-electron chi connectivity index (χ1n) is 4.32. The highest BCUT2D eigenvalue weighted by Gasteiger charge is 2.02. The van der Waals surface area contributed by atoms with Crippen molar-refractivity contribution in [2.45, 2.75) is 6.42 Å². The highest BCUT2D eigenvalue weighted by atomic mass is 32.1. The second-order valence-corrected chi connectivity index (χ2v) is 3.72. The summed E-state index contributed by atoms with van der Waals surface area (Å²) in [7, 11) is 0. The fraction of sp³-hybridized carbons (Fsp3) is 0.222. The van der Waals surface area contributed by atoms with Crippen LogP contribution in [-0.4, -0.2) is 21.7 Å². The van der Waals surface area contributed by atoms with E-state index in [1.165, 1.54) is 0 Å². The molecule has 5 heteroatoms. The SMILES string of the molecule is NCCc1ncc(-c2cccs2)nn1. The third kappa shape index (κ3) is 1.94. The molecule has 2 rings (SSSR count). The highest BCUT2D eigenvalue weighted by Crippen LogP contribution is 2.20. The van der Waals surface area contributed by atoms with E-state index in [-0.39, 0.29) is 0 Å². The van der Waals surface area contributed by atoms with Gasteiger partial charge in [0.1, 0.15) is 5.69 Å². The number of hydrogen-bond acceptors (Lipinski definition) is 5. The zero-order chi connectivity index (χ0) is 9.80. The minimum atomic E-state index is 0.556. The predicted molar refractivity (Wildman–Crippen MR) is 55.9 cm³/mol. The zero-order valence-electron chi connectivity index (χ0n) is 7.55. The predicted octanol–water partition coefficient (Wildman–Crippen LogP) is 1.10. The van der Waals surface area contributed by atoms with Crippen LogP contribution in [0.2, 0.25) is 0 Å². The van der Waals surface area contributed by atoms with Gasteiger partial charge in [-0.2, -0.15) is 0 Å². The first-order valence-corrected chi connectivity index (χ1v) is 5.20. The summed E-state index contributed by atoms with van der Waals surface area (Å²) in [5, 5.41) is 10.1. The molecule has 14 heavy (non-hydrogen) atoms. The lowest BCUT2D eigenvalue weighted by Crippen LogP contribution is -2.07. The lowest BCUT2D eigenvalue weighted by molar-refractivity contribution is 0.813. The molecule has 2 N–H and O–H groups in total. The molecule has 0 fully saturated rings. The van der Waals surface area contributed by atoms with Crippen molar-refractivity contribution in [2.24, 2.45) is 5.73 Å². The number of rotatable bonds is 3. The van der Waals surface area contributed by atoms with E-state index in [4.69, 9.17) is 5.73 Å². The van der Waals surface area contributed by atoms with E-state index in [1.807, 2.05) is 17.5 Å². The van der Waals surface area contributed by atoms with Gasteiger partial charge in [-0.3, -0.25) is 0 Å². The fourth-order valence-electron chi connectivity index (χ4n) is 1.08. The number of aromatic nitrogens is 3. The Morgan fingerprint density at radius 1 is 1.36 bits per heavy atom. The molecule has 0 aliphatic rings. The lowest BCUT2D eigenvalue weighted by Gasteiger charge is -1.97. The van der Waals surface area contributed by atoms with Crippen molar-refractivity contribution in [2.75, 3.05) is 6.54 Å². The van der Waals surface area contributed by atoms with E-state index in [0.29, 0.717) is 18.8 Å². The summed E-state index contributed by atoms with van der Waals surface area (Å²) >= 11 is 1.63. The molecule has 0 aromatic carbocycles. The molecule has 0 saturated carbocycles. The largest absolute Gasteiger partial charge is 0.330 e. The minimum absolute atomic E-state index is 0.556. The summed E-state index contributed by atoms with van der Waals surface area (Å²) in [5.41, 5.74) is 6.21. The molecular weight excluding hydrogens is 196 g/mol. The first kappa shape index (κ1) is 9.23. The van der Waals surface area contributed by atoms with Gasteiger partial charge in [0.15, 0.2) is 5.82 Å². The molecule has 0 aliphatic carbocycles. The summed E-state index contributed by atoms with van der Waals surface area (Å²) in [5.74, 6) is 0.702. The molecule has 0 radical (unpaired) electrons. The Hall–Kier alpha value is -1.33. The maximum atomic E-state index is 5.39. The average molecular weight is 206 g/mol. The number of hydrogen-bond donors (Lipinski definition) is 1. The van der Waals surface area contributed by atoms with Gasteiger partial charge in [-0.15, -0.1) is 21.5 Å². The highest BCUT2D eigenvalue weighted by molar-refractivity contribution is 7.13. The Morgan fingerprint density at radius 3 is 2.86 bits per heavy atom. The van der Waals surface area contributed by atoms with Gasteiger partial charge in [0.2, 0.25) is 0 Å². The van der Waals surface area contributed by atoms with Gasteiger partial charge >= 0.3 is 0 Å². The summed E-state index contributed by atoms with van der Waals surface area (Å²) in [6.45, 7) is 0.556. The van der Waals surface area contributed by atoms with Gasteiger partial charge in [-0.25, -0.2) is 4.98 Å². The molecule has 2 heterocycles. The summed E-state index contributed by atoms with van der Waals surface area (Å²) in [6.07, 6.45) is 2.42. The first-order chi connectivity index (χ1) is 6.90. The Labute approximate surface area is 85.8 Å². The molecule has 0 saturated heterocycles. The van der Waals surface area contributed by atoms with Crippen molar-refractivity contribution in [3.63, 3.8) is 0 Å². The van der Waals surface area contributed by atoms with Crippen LogP contribution in [0.3, 0.4) is 0 Å². The smallest absolute Gasteiger partial charge is 0.152 e. The van der Waals surface area contributed by atoms with Gasteiger partial charge in [0.05, 0.1) is 11.1 Å². The van der Waals surface area contributed by atoms with Crippen LogP contribution in [0.15, 0.2) is 23.7 Å². The van der Waals surface area contributed by atoms with Crippen molar-refractivity contribution < 1.29 is 0 Å². The number of nitrogens with zero attached hydrogens (tertiary/aromatic N) is 3. The third-order valence-electron chi connectivity index (χ3n) is 1.75.